The zero-order valence-electron chi connectivity index (χ0n) is 12.7. The summed E-state index contributed by atoms with van der Waals surface area (Å²) >= 11 is 0. The van der Waals surface area contributed by atoms with Gasteiger partial charge in [0.25, 0.3) is 11.5 Å². The molecule has 23 heavy (non-hydrogen) atoms. The molecule has 0 aliphatic carbocycles. The number of hydrogen-bond acceptors (Lipinski definition) is 4. The van der Waals surface area contributed by atoms with Gasteiger partial charge in [-0.3, -0.25) is 9.59 Å². The van der Waals surface area contributed by atoms with Crippen LogP contribution < -0.4 is 15.6 Å². The lowest BCUT2D eigenvalue weighted by molar-refractivity contribution is 0.0950. The minimum Gasteiger partial charge on any atom is -0.348 e. The molecule has 0 saturated heterocycles. The predicted molar refractivity (Wildman–Crippen MR) is 85.5 cm³/mol. The van der Waals surface area contributed by atoms with Gasteiger partial charge in [0.15, 0.2) is 0 Å². The molecule has 0 radical (unpaired) electrons. The third-order valence-electron chi connectivity index (χ3n) is 3.30. The van der Waals surface area contributed by atoms with Crippen molar-refractivity contribution in [2.75, 3.05) is 7.05 Å². The normalized spacial score (nSPS) is 11.2. The molecule has 0 fully saturated rings. The van der Waals surface area contributed by atoms with Gasteiger partial charge in [0.05, 0.1) is 4.90 Å². The summed E-state index contributed by atoms with van der Waals surface area (Å²) in [5.74, 6) is -0.399. The summed E-state index contributed by atoms with van der Waals surface area (Å²) in [7, 11) is -0.601. The van der Waals surface area contributed by atoms with Gasteiger partial charge in [0, 0.05) is 31.4 Å². The summed E-state index contributed by atoms with van der Waals surface area (Å²) in [5.41, 5.74) is 0.616. The molecule has 0 atom stereocenters. The van der Waals surface area contributed by atoms with Gasteiger partial charge in [-0.05, 0) is 30.8 Å². The van der Waals surface area contributed by atoms with E-state index in [1.807, 2.05) is 0 Å². The number of nitrogens with zero attached hydrogens (tertiary/aromatic N) is 1. The van der Waals surface area contributed by atoms with Crippen molar-refractivity contribution in [1.82, 2.24) is 14.6 Å². The van der Waals surface area contributed by atoms with E-state index in [1.165, 1.54) is 36.0 Å². The van der Waals surface area contributed by atoms with Crippen molar-refractivity contribution in [3.63, 3.8) is 0 Å². The summed E-state index contributed by atoms with van der Waals surface area (Å²) in [6.07, 6.45) is 1.51. The van der Waals surface area contributed by atoms with E-state index in [1.54, 1.807) is 25.2 Å². The summed E-state index contributed by atoms with van der Waals surface area (Å²) in [6, 6.07) is 9.05. The Bertz CT molecular complexity index is 888. The Morgan fingerprint density at radius 1 is 1.22 bits per heavy atom. The van der Waals surface area contributed by atoms with E-state index >= 15 is 0 Å². The maximum atomic E-state index is 12.0. The molecular formula is C15H17N3O4S. The average Bonchev–Trinajstić information content (AvgIpc) is 2.55. The molecule has 7 nitrogen and oxygen atoms in total. The highest BCUT2D eigenvalue weighted by Gasteiger charge is 2.12. The second kappa shape index (κ2) is 6.76. The lowest BCUT2D eigenvalue weighted by atomic mass is 10.2. The molecule has 1 aromatic carbocycles. The molecule has 1 aromatic heterocycles. The Morgan fingerprint density at radius 3 is 2.61 bits per heavy atom. The van der Waals surface area contributed by atoms with E-state index in [-0.39, 0.29) is 22.6 Å². The zero-order chi connectivity index (χ0) is 17.0. The summed E-state index contributed by atoms with van der Waals surface area (Å²) in [4.78, 5) is 23.7. The Kier molecular flexibility index (Phi) is 4.97. The highest BCUT2D eigenvalue weighted by Crippen LogP contribution is 2.11. The number of carbonyl (C=O) groups is 1. The van der Waals surface area contributed by atoms with Gasteiger partial charge in [-0.15, -0.1) is 0 Å². The second-order valence-electron chi connectivity index (χ2n) is 4.90. The molecule has 0 saturated carbocycles. The fourth-order valence-electron chi connectivity index (χ4n) is 1.91. The molecule has 2 rings (SSSR count). The molecule has 122 valence electrons. The Balaban J connectivity index is 2.12. The highest BCUT2D eigenvalue weighted by molar-refractivity contribution is 7.89. The van der Waals surface area contributed by atoms with Crippen molar-refractivity contribution < 1.29 is 13.2 Å². The minimum absolute atomic E-state index is 0.125. The number of benzene rings is 1. The Labute approximate surface area is 134 Å². The number of hydrogen-bond donors (Lipinski definition) is 2. The van der Waals surface area contributed by atoms with Crippen molar-refractivity contribution in [3.05, 3.63) is 64.1 Å². The molecule has 2 N–H and O–H groups in total. The molecule has 0 spiro atoms. The van der Waals surface area contributed by atoms with Crippen LogP contribution in [0.15, 0.2) is 52.3 Å². The van der Waals surface area contributed by atoms with E-state index in [0.29, 0.717) is 5.56 Å². The van der Waals surface area contributed by atoms with Crippen LogP contribution in [0.1, 0.15) is 15.9 Å². The first-order valence-corrected chi connectivity index (χ1v) is 8.29. The maximum absolute atomic E-state index is 12.0. The number of aryl methyl sites for hydroxylation is 1. The van der Waals surface area contributed by atoms with Gasteiger partial charge >= 0.3 is 0 Å². The molecule has 0 bridgehead atoms. The fourth-order valence-corrected chi connectivity index (χ4v) is 2.71. The molecule has 0 unspecified atom stereocenters. The first-order valence-electron chi connectivity index (χ1n) is 6.81. The largest absolute Gasteiger partial charge is 0.348 e. The fraction of sp³-hybridized carbons (Fsp3) is 0.200. The van der Waals surface area contributed by atoms with E-state index in [9.17, 15) is 18.0 Å². The summed E-state index contributed by atoms with van der Waals surface area (Å²) < 4.78 is 27.1. The standard InChI is InChI=1S/C15H17N3O4S/c1-16-23(21,22)13-5-3-4-11(8-13)10-17-15(20)12-6-7-18(2)14(19)9-12/h3-9,16H,10H2,1-2H3,(H,17,20). The summed E-state index contributed by atoms with van der Waals surface area (Å²) in [6.45, 7) is 0.154. The van der Waals surface area contributed by atoms with Gasteiger partial charge in [-0.2, -0.15) is 0 Å². The first-order chi connectivity index (χ1) is 10.8. The number of sulfonamides is 1. The van der Waals surface area contributed by atoms with E-state index in [2.05, 4.69) is 10.0 Å². The van der Waals surface area contributed by atoms with Crippen LogP contribution >= 0.6 is 0 Å². The van der Waals surface area contributed by atoms with Crippen LogP contribution in [0.3, 0.4) is 0 Å². The Morgan fingerprint density at radius 2 is 1.96 bits per heavy atom. The SMILES string of the molecule is CNS(=O)(=O)c1cccc(CNC(=O)c2ccn(C)c(=O)c2)c1. The predicted octanol–water partition coefficient (Wildman–Crippen LogP) is 0.223. The van der Waals surface area contributed by atoms with Crippen LogP contribution in [0.2, 0.25) is 0 Å². The van der Waals surface area contributed by atoms with Gasteiger partial charge in [-0.25, -0.2) is 13.1 Å². The van der Waals surface area contributed by atoms with Crippen molar-refractivity contribution >= 4 is 15.9 Å². The molecule has 0 aliphatic heterocycles. The van der Waals surface area contributed by atoms with E-state index in [4.69, 9.17) is 0 Å². The number of nitrogens with one attached hydrogen (secondary N) is 2. The third kappa shape index (κ3) is 4.05. The topological polar surface area (TPSA) is 97.3 Å². The van der Waals surface area contributed by atoms with Gasteiger partial charge in [0.1, 0.15) is 0 Å². The minimum atomic E-state index is -3.53. The number of pyridine rings is 1. The molecule has 1 amide bonds. The zero-order valence-corrected chi connectivity index (χ0v) is 13.6. The monoisotopic (exact) mass is 335 g/mol. The van der Waals surface area contributed by atoms with Crippen molar-refractivity contribution in [2.24, 2.45) is 7.05 Å². The van der Waals surface area contributed by atoms with Crippen LogP contribution in [-0.4, -0.2) is 25.9 Å². The van der Waals surface area contributed by atoms with Crippen LogP contribution in [-0.2, 0) is 23.6 Å². The lowest BCUT2D eigenvalue weighted by Crippen LogP contribution is -2.26. The molecular weight excluding hydrogens is 318 g/mol. The first kappa shape index (κ1) is 16.9. The van der Waals surface area contributed by atoms with Crippen LogP contribution in [0, 0.1) is 0 Å². The molecule has 0 aliphatic rings. The van der Waals surface area contributed by atoms with Gasteiger partial charge < -0.3 is 9.88 Å². The van der Waals surface area contributed by atoms with Crippen molar-refractivity contribution in [3.8, 4) is 0 Å². The number of aromatic nitrogens is 1. The molecule has 1 heterocycles. The molecule has 8 heteroatoms. The number of rotatable bonds is 5. The number of carbonyl (C=O) groups excluding carboxylic acids is 1. The Hall–Kier alpha value is -2.45. The maximum Gasteiger partial charge on any atom is 0.251 e. The van der Waals surface area contributed by atoms with Crippen LogP contribution in [0.5, 0.6) is 0 Å². The number of amides is 1. The van der Waals surface area contributed by atoms with Gasteiger partial charge in [-0.1, -0.05) is 12.1 Å². The van der Waals surface area contributed by atoms with Crippen LogP contribution in [0.4, 0.5) is 0 Å². The van der Waals surface area contributed by atoms with E-state index in [0.717, 1.165) is 0 Å². The van der Waals surface area contributed by atoms with E-state index < -0.39 is 15.9 Å². The second-order valence-corrected chi connectivity index (χ2v) is 6.79. The summed E-state index contributed by atoms with van der Waals surface area (Å²) in [5, 5.41) is 2.66. The van der Waals surface area contributed by atoms with Gasteiger partial charge in [0.2, 0.25) is 10.0 Å². The van der Waals surface area contributed by atoms with Crippen molar-refractivity contribution in [2.45, 2.75) is 11.4 Å². The molecule has 2 aromatic rings. The lowest BCUT2D eigenvalue weighted by Gasteiger charge is -2.08. The van der Waals surface area contributed by atoms with Crippen LogP contribution in [0.25, 0.3) is 0 Å². The quantitative estimate of drug-likeness (QED) is 0.817. The smallest absolute Gasteiger partial charge is 0.251 e. The highest BCUT2D eigenvalue weighted by atomic mass is 32.2. The average molecular weight is 335 g/mol. The third-order valence-corrected chi connectivity index (χ3v) is 4.71. The van der Waals surface area contributed by atoms with Crippen molar-refractivity contribution in [1.29, 1.82) is 0 Å².